The maximum absolute atomic E-state index is 12.8. The van der Waals surface area contributed by atoms with Crippen LogP contribution in [0.3, 0.4) is 0 Å². The number of rotatable bonds is 4. The van der Waals surface area contributed by atoms with E-state index in [1.165, 1.54) is 5.56 Å². The normalized spacial score (nSPS) is 19.4. The van der Waals surface area contributed by atoms with Gasteiger partial charge in [-0.3, -0.25) is 4.79 Å². The number of benzene rings is 1. The summed E-state index contributed by atoms with van der Waals surface area (Å²) in [5.74, 6) is 2.37. The van der Waals surface area contributed by atoms with Crippen molar-refractivity contribution in [2.24, 2.45) is 0 Å². The molecule has 1 aliphatic heterocycles. The standard InChI is InChI=1S/C20H24N4OS/c1-4-26-20-22-19-21-15-6-5-7-16(25)17(15)18(24(19)23-20)14-10-8-13(9-11-14)12(2)3/h8-12,18H,4-7H2,1-3H3,(H,21,22,23)/t18-/m1/s1. The summed E-state index contributed by atoms with van der Waals surface area (Å²) in [6.07, 6.45) is 2.40. The molecule has 2 aromatic rings. The largest absolute Gasteiger partial charge is 0.328 e. The zero-order chi connectivity index (χ0) is 18.3. The van der Waals surface area contributed by atoms with Crippen LogP contribution in [0.25, 0.3) is 0 Å². The fraction of sp³-hybridized carbons (Fsp3) is 0.450. The molecular formula is C20H24N4OS. The van der Waals surface area contributed by atoms with Crippen LogP contribution in [0.4, 0.5) is 5.95 Å². The summed E-state index contributed by atoms with van der Waals surface area (Å²) in [7, 11) is 0. The Bertz CT molecular complexity index is 866. The van der Waals surface area contributed by atoms with Gasteiger partial charge in [0, 0.05) is 17.7 Å². The van der Waals surface area contributed by atoms with Crippen LogP contribution in [-0.2, 0) is 4.79 Å². The molecule has 0 spiro atoms. The Morgan fingerprint density at radius 3 is 2.73 bits per heavy atom. The predicted octanol–water partition coefficient (Wildman–Crippen LogP) is 4.54. The first-order valence-electron chi connectivity index (χ1n) is 9.31. The van der Waals surface area contributed by atoms with Crippen LogP contribution in [0.1, 0.15) is 63.1 Å². The molecule has 0 unspecified atom stereocenters. The lowest BCUT2D eigenvalue weighted by atomic mass is 9.85. The molecule has 2 aliphatic rings. The van der Waals surface area contributed by atoms with Crippen molar-refractivity contribution < 1.29 is 4.79 Å². The van der Waals surface area contributed by atoms with Crippen molar-refractivity contribution in [1.82, 2.24) is 14.8 Å². The zero-order valence-electron chi connectivity index (χ0n) is 15.5. The van der Waals surface area contributed by atoms with E-state index in [1.807, 2.05) is 4.68 Å². The van der Waals surface area contributed by atoms with Gasteiger partial charge in [-0.15, -0.1) is 5.10 Å². The van der Waals surface area contributed by atoms with E-state index in [0.717, 1.165) is 46.5 Å². The number of carbonyl (C=O) groups is 1. The highest BCUT2D eigenvalue weighted by Crippen LogP contribution is 2.40. The number of Topliss-reactive ketones (excluding diaryl/α,β-unsaturated/α-hetero) is 1. The van der Waals surface area contributed by atoms with Crippen molar-refractivity contribution in [3.63, 3.8) is 0 Å². The van der Waals surface area contributed by atoms with Crippen molar-refractivity contribution >= 4 is 23.5 Å². The van der Waals surface area contributed by atoms with Crippen molar-refractivity contribution in [3.8, 4) is 0 Å². The number of hydrogen-bond donors (Lipinski definition) is 1. The highest BCUT2D eigenvalue weighted by molar-refractivity contribution is 7.99. The summed E-state index contributed by atoms with van der Waals surface area (Å²) < 4.78 is 1.89. The number of fused-ring (bicyclic) bond motifs is 1. The van der Waals surface area contributed by atoms with Crippen LogP contribution >= 0.6 is 11.8 Å². The van der Waals surface area contributed by atoms with Crippen LogP contribution < -0.4 is 5.32 Å². The Morgan fingerprint density at radius 1 is 1.27 bits per heavy atom. The van der Waals surface area contributed by atoms with E-state index < -0.39 is 0 Å². The SMILES string of the molecule is CCSc1nc2n(n1)[C@H](c1ccc(C(C)C)cc1)C1=C(CCCC1=O)N2. The second-order valence-electron chi connectivity index (χ2n) is 7.11. The molecule has 1 aromatic carbocycles. The molecule has 0 saturated carbocycles. The lowest BCUT2D eigenvalue weighted by Crippen LogP contribution is -2.31. The van der Waals surface area contributed by atoms with Gasteiger partial charge < -0.3 is 5.32 Å². The van der Waals surface area contributed by atoms with E-state index in [2.05, 4.69) is 55.3 Å². The van der Waals surface area contributed by atoms with Crippen molar-refractivity contribution in [2.45, 2.75) is 57.1 Å². The Hall–Kier alpha value is -2.08. The minimum absolute atomic E-state index is 0.186. The van der Waals surface area contributed by atoms with Gasteiger partial charge in [-0.1, -0.05) is 56.8 Å². The minimum Gasteiger partial charge on any atom is -0.328 e. The molecule has 1 aromatic heterocycles. The average Bonchev–Trinajstić information content (AvgIpc) is 3.02. The predicted molar refractivity (Wildman–Crippen MR) is 105 cm³/mol. The summed E-state index contributed by atoms with van der Waals surface area (Å²) in [4.78, 5) is 17.4. The van der Waals surface area contributed by atoms with Gasteiger partial charge in [0.1, 0.15) is 6.04 Å². The fourth-order valence-electron chi connectivity index (χ4n) is 3.70. The first kappa shape index (κ1) is 17.3. The third kappa shape index (κ3) is 2.96. The monoisotopic (exact) mass is 368 g/mol. The number of ketones is 1. The molecule has 1 N–H and O–H groups in total. The Kier molecular flexibility index (Phi) is 4.61. The molecule has 136 valence electrons. The first-order valence-corrected chi connectivity index (χ1v) is 10.3. The quantitative estimate of drug-likeness (QED) is 0.803. The smallest absolute Gasteiger partial charge is 0.227 e. The number of nitrogens with zero attached hydrogens (tertiary/aromatic N) is 3. The fourth-order valence-corrected chi connectivity index (χ4v) is 4.25. The Morgan fingerprint density at radius 2 is 2.04 bits per heavy atom. The Labute approximate surface area is 158 Å². The Balaban J connectivity index is 1.83. The van der Waals surface area contributed by atoms with E-state index in [1.54, 1.807) is 11.8 Å². The molecule has 4 rings (SSSR count). The van der Waals surface area contributed by atoms with Crippen LogP contribution in [-0.4, -0.2) is 26.3 Å². The summed E-state index contributed by atoms with van der Waals surface area (Å²) in [5.41, 5.74) is 4.27. The number of hydrogen-bond acceptors (Lipinski definition) is 5. The molecule has 0 amide bonds. The molecule has 2 heterocycles. The van der Waals surface area contributed by atoms with Gasteiger partial charge in [0.2, 0.25) is 11.1 Å². The molecule has 0 bridgehead atoms. The van der Waals surface area contributed by atoms with Crippen molar-refractivity contribution in [1.29, 1.82) is 0 Å². The zero-order valence-corrected chi connectivity index (χ0v) is 16.3. The second-order valence-corrected chi connectivity index (χ2v) is 8.34. The van der Waals surface area contributed by atoms with Gasteiger partial charge in [-0.25, -0.2) is 4.68 Å². The maximum Gasteiger partial charge on any atom is 0.227 e. The summed E-state index contributed by atoms with van der Waals surface area (Å²) in [6, 6.07) is 8.40. The van der Waals surface area contributed by atoms with Gasteiger partial charge in [0.05, 0.1) is 0 Å². The maximum atomic E-state index is 12.8. The minimum atomic E-state index is -0.186. The molecule has 1 aliphatic carbocycles. The highest BCUT2D eigenvalue weighted by Gasteiger charge is 2.36. The van der Waals surface area contributed by atoms with Gasteiger partial charge in [0.25, 0.3) is 0 Å². The van der Waals surface area contributed by atoms with E-state index in [4.69, 9.17) is 5.10 Å². The van der Waals surface area contributed by atoms with E-state index in [0.29, 0.717) is 12.3 Å². The van der Waals surface area contributed by atoms with Gasteiger partial charge in [0.15, 0.2) is 5.78 Å². The number of nitrogens with one attached hydrogen (secondary N) is 1. The molecule has 1 atom stereocenters. The van der Waals surface area contributed by atoms with Gasteiger partial charge in [-0.2, -0.15) is 4.98 Å². The van der Waals surface area contributed by atoms with Crippen LogP contribution in [0.15, 0.2) is 40.7 Å². The molecule has 6 heteroatoms. The van der Waals surface area contributed by atoms with Gasteiger partial charge >= 0.3 is 0 Å². The lowest BCUT2D eigenvalue weighted by molar-refractivity contribution is -0.116. The number of thioether (sulfide) groups is 1. The molecule has 26 heavy (non-hydrogen) atoms. The molecular weight excluding hydrogens is 344 g/mol. The summed E-state index contributed by atoms with van der Waals surface area (Å²) >= 11 is 1.62. The third-order valence-electron chi connectivity index (χ3n) is 5.04. The van der Waals surface area contributed by atoms with Crippen LogP contribution in [0.5, 0.6) is 0 Å². The van der Waals surface area contributed by atoms with E-state index in [9.17, 15) is 4.79 Å². The van der Waals surface area contributed by atoms with Crippen molar-refractivity contribution in [3.05, 3.63) is 46.7 Å². The summed E-state index contributed by atoms with van der Waals surface area (Å²) in [5, 5.41) is 8.83. The molecule has 0 saturated heterocycles. The molecule has 5 nitrogen and oxygen atoms in total. The third-order valence-corrected chi connectivity index (χ3v) is 5.76. The number of carbonyl (C=O) groups excluding carboxylic acids is 1. The van der Waals surface area contributed by atoms with E-state index in [-0.39, 0.29) is 11.8 Å². The van der Waals surface area contributed by atoms with E-state index >= 15 is 0 Å². The van der Waals surface area contributed by atoms with Gasteiger partial charge in [-0.05, 0) is 35.6 Å². The molecule has 0 fully saturated rings. The first-order chi connectivity index (χ1) is 12.6. The van der Waals surface area contributed by atoms with Crippen LogP contribution in [0.2, 0.25) is 0 Å². The average molecular weight is 369 g/mol. The number of aromatic nitrogens is 3. The molecule has 0 radical (unpaired) electrons. The lowest BCUT2D eigenvalue weighted by Gasteiger charge is -2.32. The topological polar surface area (TPSA) is 59.8 Å². The van der Waals surface area contributed by atoms with Crippen molar-refractivity contribution in [2.75, 3.05) is 11.1 Å². The second kappa shape index (κ2) is 6.91. The number of allylic oxidation sites excluding steroid dienone is 2. The summed E-state index contributed by atoms with van der Waals surface area (Å²) in [6.45, 7) is 6.47. The van der Waals surface area contributed by atoms with Crippen LogP contribution in [0, 0.1) is 0 Å². The number of anilines is 1. The highest BCUT2D eigenvalue weighted by atomic mass is 32.2.